The topological polar surface area (TPSA) is 102 Å². The minimum Gasteiger partial charge on any atom is -0.497 e. The van der Waals surface area contributed by atoms with Crippen LogP contribution in [0.2, 0.25) is 0 Å². The van der Waals surface area contributed by atoms with Crippen LogP contribution in [0.25, 0.3) is 10.8 Å². The largest absolute Gasteiger partial charge is 0.497 e. The van der Waals surface area contributed by atoms with Crippen molar-refractivity contribution in [1.29, 1.82) is 0 Å². The fraction of sp³-hybridized carbons (Fsp3) is 0.250. The maximum atomic E-state index is 13.0. The van der Waals surface area contributed by atoms with E-state index in [1.54, 1.807) is 25.3 Å². The Morgan fingerprint density at radius 3 is 2.42 bits per heavy atom. The van der Waals surface area contributed by atoms with Crippen LogP contribution in [0.15, 0.2) is 65.6 Å². The Kier molecular flexibility index (Phi) is 6.24. The lowest BCUT2D eigenvalue weighted by Crippen LogP contribution is -2.40. The monoisotopic (exact) mass is 468 g/mol. The number of nitrogens with zero attached hydrogens (tertiary/aromatic N) is 1. The van der Waals surface area contributed by atoms with Crippen molar-refractivity contribution in [3.05, 3.63) is 66.2 Å². The number of hydrogen-bond donors (Lipinski definition) is 1. The third kappa shape index (κ3) is 4.49. The number of methoxy groups -OCH3 is 1. The maximum Gasteiger partial charge on any atom is 0.327 e. The molecule has 172 valence electrons. The van der Waals surface area contributed by atoms with Gasteiger partial charge in [-0.15, -0.1) is 0 Å². The number of esters is 1. The highest BCUT2D eigenvalue weighted by Gasteiger charge is 2.37. The van der Waals surface area contributed by atoms with E-state index in [4.69, 9.17) is 9.47 Å². The van der Waals surface area contributed by atoms with Crippen molar-refractivity contribution in [2.24, 2.45) is 0 Å². The number of sulfonamides is 1. The van der Waals surface area contributed by atoms with E-state index in [-0.39, 0.29) is 4.90 Å². The van der Waals surface area contributed by atoms with Crippen molar-refractivity contribution >= 4 is 38.4 Å². The second-order valence-corrected chi connectivity index (χ2v) is 9.50. The Bertz CT molecular complexity index is 1300. The van der Waals surface area contributed by atoms with Crippen LogP contribution >= 0.6 is 0 Å². The lowest BCUT2D eigenvalue weighted by atomic mass is 10.1. The highest BCUT2D eigenvalue weighted by Crippen LogP contribution is 2.41. The quantitative estimate of drug-likeness (QED) is 0.510. The smallest absolute Gasteiger partial charge is 0.327 e. The Morgan fingerprint density at radius 1 is 1.03 bits per heavy atom. The molecule has 3 aromatic carbocycles. The van der Waals surface area contributed by atoms with Crippen molar-refractivity contribution in [2.45, 2.75) is 24.3 Å². The zero-order valence-electron chi connectivity index (χ0n) is 18.3. The zero-order valence-corrected chi connectivity index (χ0v) is 19.1. The summed E-state index contributed by atoms with van der Waals surface area (Å²) in [5, 5.41) is 4.08. The molecule has 1 amide bonds. The molecule has 0 aliphatic carbocycles. The summed E-state index contributed by atoms with van der Waals surface area (Å²) >= 11 is 0. The number of carbonyl (C=O) groups excluding carboxylic acids is 2. The summed E-state index contributed by atoms with van der Waals surface area (Å²) in [5.74, 6) is -0.504. The molecule has 0 saturated carbocycles. The molecule has 0 fully saturated rings. The van der Waals surface area contributed by atoms with Gasteiger partial charge in [0.15, 0.2) is 6.10 Å². The van der Waals surface area contributed by atoms with Gasteiger partial charge >= 0.3 is 5.97 Å². The third-order valence-corrected chi connectivity index (χ3v) is 7.31. The van der Waals surface area contributed by atoms with Gasteiger partial charge < -0.3 is 14.8 Å². The van der Waals surface area contributed by atoms with E-state index in [0.29, 0.717) is 24.0 Å². The molecule has 1 heterocycles. The summed E-state index contributed by atoms with van der Waals surface area (Å²) < 4.78 is 37.3. The first-order chi connectivity index (χ1) is 15.8. The van der Waals surface area contributed by atoms with Gasteiger partial charge in [-0.2, -0.15) is 0 Å². The number of ether oxygens (including phenoxy) is 2. The molecule has 1 aliphatic heterocycles. The highest BCUT2D eigenvalue weighted by molar-refractivity contribution is 7.93. The lowest BCUT2D eigenvalue weighted by molar-refractivity contribution is -0.153. The highest BCUT2D eigenvalue weighted by atomic mass is 32.2. The molecule has 4 rings (SSSR count). The molecule has 33 heavy (non-hydrogen) atoms. The van der Waals surface area contributed by atoms with Crippen molar-refractivity contribution in [3.8, 4) is 5.75 Å². The van der Waals surface area contributed by atoms with Crippen molar-refractivity contribution in [3.63, 3.8) is 0 Å². The minimum absolute atomic E-state index is 0.160. The Balaban J connectivity index is 1.34. The second-order valence-electron chi connectivity index (χ2n) is 7.66. The van der Waals surface area contributed by atoms with Crippen LogP contribution < -0.4 is 14.4 Å². The van der Waals surface area contributed by atoms with E-state index in [1.807, 2.05) is 36.4 Å². The molecule has 0 saturated heterocycles. The predicted octanol–water partition coefficient (Wildman–Crippen LogP) is 2.65. The molecule has 0 radical (unpaired) electrons. The lowest BCUT2D eigenvalue weighted by Gasteiger charge is -2.19. The third-order valence-electron chi connectivity index (χ3n) is 5.50. The van der Waals surface area contributed by atoms with Crippen LogP contribution in [0.4, 0.5) is 5.69 Å². The molecule has 8 nitrogen and oxygen atoms in total. The van der Waals surface area contributed by atoms with Gasteiger partial charge in [0.05, 0.1) is 17.7 Å². The van der Waals surface area contributed by atoms with E-state index in [0.717, 1.165) is 21.0 Å². The zero-order chi connectivity index (χ0) is 23.6. The average Bonchev–Trinajstić information content (AvgIpc) is 3.02. The van der Waals surface area contributed by atoms with Crippen LogP contribution in [0.3, 0.4) is 0 Å². The van der Waals surface area contributed by atoms with E-state index in [9.17, 15) is 18.0 Å². The fourth-order valence-corrected chi connectivity index (χ4v) is 5.45. The SMILES string of the molecule is COc1ccc(CCNC(=O)C(C)OC(=O)CN2c3cccc4cccc(c34)S2(=O)=O)cc1. The number of amides is 1. The summed E-state index contributed by atoms with van der Waals surface area (Å²) in [6, 6.07) is 17.7. The average molecular weight is 469 g/mol. The molecule has 1 atom stereocenters. The van der Waals surface area contributed by atoms with Crippen molar-refractivity contribution in [1.82, 2.24) is 5.32 Å². The molecule has 1 N–H and O–H groups in total. The van der Waals surface area contributed by atoms with Gasteiger partial charge in [0, 0.05) is 11.9 Å². The summed E-state index contributed by atoms with van der Waals surface area (Å²) in [5.41, 5.74) is 1.45. The Labute approximate surface area is 192 Å². The maximum absolute atomic E-state index is 13.0. The molecule has 9 heteroatoms. The number of hydrogen-bond acceptors (Lipinski definition) is 6. The molecule has 0 bridgehead atoms. The second kappa shape index (κ2) is 9.11. The number of anilines is 1. The van der Waals surface area contributed by atoms with Crippen LogP contribution in [0, 0.1) is 0 Å². The first-order valence-electron chi connectivity index (χ1n) is 10.5. The van der Waals surface area contributed by atoms with E-state index in [2.05, 4.69) is 5.32 Å². The molecule has 3 aromatic rings. The summed E-state index contributed by atoms with van der Waals surface area (Å²) in [7, 11) is -2.28. The molecule has 1 unspecified atom stereocenters. The first-order valence-corrected chi connectivity index (χ1v) is 11.9. The predicted molar refractivity (Wildman–Crippen MR) is 124 cm³/mol. The number of carbonyl (C=O) groups is 2. The Morgan fingerprint density at radius 2 is 1.73 bits per heavy atom. The van der Waals surface area contributed by atoms with Crippen LogP contribution in [0.5, 0.6) is 5.75 Å². The summed E-state index contributed by atoms with van der Waals surface area (Å²) in [6.45, 7) is 1.30. The standard InChI is InChI=1S/C24H24N2O6S/c1-16(24(28)25-14-13-17-9-11-19(31-2)12-10-17)32-22(27)15-26-20-7-3-5-18-6-4-8-21(23(18)20)33(26,29)30/h3-12,16H,13-15H2,1-2H3,(H,25,28). The van der Waals surface area contributed by atoms with Gasteiger partial charge in [0.25, 0.3) is 15.9 Å². The number of benzene rings is 3. The van der Waals surface area contributed by atoms with E-state index < -0.39 is 34.5 Å². The number of rotatable bonds is 8. The minimum atomic E-state index is -3.88. The van der Waals surface area contributed by atoms with Gasteiger partial charge in [0.2, 0.25) is 0 Å². The van der Waals surface area contributed by atoms with Gasteiger partial charge in [-0.25, -0.2) is 8.42 Å². The molecule has 0 spiro atoms. The number of nitrogens with one attached hydrogen (secondary N) is 1. The first kappa shape index (κ1) is 22.6. The van der Waals surface area contributed by atoms with E-state index >= 15 is 0 Å². The molecule has 0 aromatic heterocycles. The van der Waals surface area contributed by atoms with Crippen molar-refractivity contribution in [2.75, 3.05) is 24.5 Å². The van der Waals surface area contributed by atoms with Crippen LogP contribution in [-0.2, 0) is 30.8 Å². The van der Waals surface area contributed by atoms with Crippen LogP contribution in [0.1, 0.15) is 12.5 Å². The van der Waals surface area contributed by atoms with E-state index in [1.165, 1.54) is 13.0 Å². The molecule has 1 aliphatic rings. The molecular weight excluding hydrogens is 444 g/mol. The van der Waals surface area contributed by atoms with Gasteiger partial charge in [-0.3, -0.25) is 13.9 Å². The van der Waals surface area contributed by atoms with Crippen molar-refractivity contribution < 1.29 is 27.5 Å². The summed E-state index contributed by atoms with van der Waals surface area (Å²) in [4.78, 5) is 25.0. The fourth-order valence-electron chi connectivity index (χ4n) is 3.80. The Hall–Kier alpha value is -3.59. The van der Waals surface area contributed by atoms with Gasteiger partial charge in [0.1, 0.15) is 12.3 Å². The van der Waals surface area contributed by atoms with Crippen LogP contribution in [-0.4, -0.2) is 46.6 Å². The van der Waals surface area contributed by atoms with Gasteiger partial charge in [-0.1, -0.05) is 36.4 Å². The van der Waals surface area contributed by atoms with Gasteiger partial charge in [-0.05, 0) is 48.6 Å². The summed E-state index contributed by atoms with van der Waals surface area (Å²) in [6.07, 6.45) is -0.457. The normalized spacial score (nSPS) is 14.7. The molecular formula is C24H24N2O6S.